The van der Waals surface area contributed by atoms with Crippen LogP contribution in [0.15, 0.2) is 0 Å². The van der Waals surface area contributed by atoms with Crippen LogP contribution < -0.4 is 5.32 Å². The summed E-state index contributed by atoms with van der Waals surface area (Å²) in [5, 5.41) is 0.996. The molecule has 0 aliphatic heterocycles. The molecule has 11 heavy (non-hydrogen) atoms. The fraction of sp³-hybridized carbons (Fsp3) is 0.667. The number of halogens is 1. The van der Waals surface area contributed by atoms with Crippen LogP contribution in [0, 0.1) is 0 Å². The molecule has 1 unspecified atom stereocenters. The molecule has 0 radical (unpaired) electrons. The van der Waals surface area contributed by atoms with Crippen molar-refractivity contribution in [3.63, 3.8) is 0 Å². The lowest BCUT2D eigenvalue weighted by molar-refractivity contribution is -0.145. The summed E-state index contributed by atoms with van der Waals surface area (Å²) < 4.78 is 4.49. The van der Waals surface area contributed by atoms with Gasteiger partial charge in [0.15, 0.2) is 0 Å². The number of carbonyl (C=O) groups excluding carboxylic acids is 2. The molecule has 0 heterocycles. The predicted octanol–water partition coefficient (Wildman–Crippen LogP) is -0.0971. The molecule has 0 aliphatic rings. The van der Waals surface area contributed by atoms with Crippen molar-refractivity contribution in [2.24, 2.45) is 0 Å². The van der Waals surface area contributed by atoms with Crippen molar-refractivity contribution in [2.45, 2.75) is 12.3 Å². The number of amides is 1. The van der Waals surface area contributed by atoms with Crippen LogP contribution in [0.3, 0.4) is 0 Å². The van der Waals surface area contributed by atoms with Crippen LogP contribution in [0.25, 0.3) is 0 Å². The van der Waals surface area contributed by atoms with Crippen LogP contribution in [0.2, 0.25) is 0 Å². The Hall–Kier alpha value is -0.770. The summed E-state index contributed by atoms with van der Waals surface area (Å²) in [6.07, 6.45) is 0. The lowest BCUT2D eigenvalue weighted by Gasteiger charge is -2.05. The average molecular weight is 180 g/mol. The minimum atomic E-state index is -1.24. The Morgan fingerprint density at radius 3 is 2.55 bits per heavy atom. The molecule has 0 rings (SSSR count). The molecule has 1 N–H and O–H groups in total. The van der Waals surface area contributed by atoms with Gasteiger partial charge in [0.2, 0.25) is 11.3 Å². The number of nitrogens with one attached hydrogen (secondary N) is 1. The largest absolute Gasteiger partial charge is 0.464 e. The summed E-state index contributed by atoms with van der Waals surface area (Å²) in [7, 11) is 1.40. The second kappa shape index (κ2) is 4.96. The summed E-state index contributed by atoms with van der Waals surface area (Å²) >= 11 is 5.37. The number of rotatable bonds is 3. The van der Waals surface area contributed by atoms with E-state index in [4.69, 9.17) is 11.6 Å². The molecule has 1 amide bonds. The van der Waals surface area contributed by atoms with Crippen LogP contribution in [0.1, 0.15) is 6.92 Å². The summed E-state index contributed by atoms with van der Waals surface area (Å²) in [6, 6.07) is 0. The van der Waals surface area contributed by atoms with Crippen LogP contribution in [-0.4, -0.2) is 30.9 Å². The quantitative estimate of drug-likeness (QED) is 0.374. The van der Waals surface area contributed by atoms with E-state index in [-0.39, 0.29) is 6.61 Å². The minimum absolute atomic E-state index is 0.221. The third kappa shape index (κ3) is 3.23. The van der Waals surface area contributed by atoms with Gasteiger partial charge in [-0.1, -0.05) is 11.6 Å². The normalized spacial score (nSPS) is 11.9. The van der Waals surface area contributed by atoms with Gasteiger partial charge in [-0.3, -0.25) is 4.79 Å². The number of ether oxygens (including phenoxy) is 1. The van der Waals surface area contributed by atoms with E-state index in [2.05, 4.69) is 10.1 Å². The van der Waals surface area contributed by atoms with E-state index in [1.54, 1.807) is 6.92 Å². The molecule has 0 spiro atoms. The minimum Gasteiger partial charge on any atom is -0.464 e. The Labute approximate surface area is 69.9 Å². The molecule has 5 heteroatoms. The Morgan fingerprint density at radius 2 is 2.18 bits per heavy atom. The number of carbonyl (C=O) groups is 2. The van der Waals surface area contributed by atoms with Crippen molar-refractivity contribution < 1.29 is 14.3 Å². The fourth-order valence-corrected chi connectivity index (χ4v) is 0.621. The molecule has 0 fully saturated rings. The average Bonchev–Trinajstić information content (AvgIpc) is 2.02. The molecule has 1 atom stereocenters. The number of hydrogen-bond acceptors (Lipinski definition) is 3. The smallest absolute Gasteiger partial charge is 0.333 e. The van der Waals surface area contributed by atoms with Gasteiger partial charge >= 0.3 is 5.97 Å². The summed E-state index contributed by atoms with van der Waals surface area (Å²) in [5.41, 5.74) is 0. The topological polar surface area (TPSA) is 55.4 Å². The Morgan fingerprint density at radius 1 is 1.64 bits per heavy atom. The van der Waals surface area contributed by atoms with Crippen LogP contribution in [-0.2, 0) is 14.3 Å². The standard InChI is InChI=1S/C6H10ClNO3/c1-3-11-6(10)4(7)5(9)8-2/h4H,3H2,1-2H3,(H,8,9). The third-order valence-electron chi connectivity index (χ3n) is 0.970. The maximum atomic E-state index is 10.7. The van der Waals surface area contributed by atoms with Crippen molar-refractivity contribution in [2.75, 3.05) is 13.7 Å². The maximum Gasteiger partial charge on any atom is 0.333 e. The van der Waals surface area contributed by atoms with Crippen molar-refractivity contribution in [1.82, 2.24) is 5.32 Å². The van der Waals surface area contributed by atoms with E-state index in [9.17, 15) is 9.59 Å². The zero-order valence-electron chi connectivity index (χ0n) is 6.39. The van der Waals surface area contributed by atoms with Crippen LogP contribution in [0.4, 0.5) is 0 Å². The van der Waals surface area contributed by atoms with Gasteiger partial charge in [-0.25, -0.2) is 4.79 Å². The van der Waals surface area contributed by atoms with E-state index in [0.29, 0.717) is 0 Å². The summed E-state index contributed by atoms with van der Waals surface area (Å²) in [5.74, 6) is -1.27. The van der Waals surface area contributed by atoms with Gasteiger partial charge in [0.1, 0.15) is 0 Å². The highest BCUT2D eigenvalue weighted by Crippen LogP contribution is 1.98. The number of alkyl halides is 1. The van der Waals surface area contributed by atoms with Crippen LogP contribution >= 0.6 is 11.6 Å². The van der Waals surface area contributed by atoms with Gasteiger partial charge in [-0.15, -0.1) is 0 Å². The zero-order valence-corrected chi connectivity index (χ0v) is 7.14. The molecule has 0 aliphatic carbocycles. The Balaban J connectivity index is 3.91. The van der Waals surface area contributed by atoms with Crippen molar-refractivity contribution in [1.29, 1.82) is 0 Å². The van der Waals surface area contributed by atoms with E-state index in [1.165, 1.54) is 7.05 Å². The molecule has 0 saturated heterocycles. The molecular weight excluding hydrogens is 170 g/mol. The van der Waals surface area contributed by atoms with Crippen molar-refractivity contribution in [3.05, 3.63) is 0 Å². The highest BCUT2D eigenvalue weighted by molar-refractivity contribution is 6.40. The van der Waals surface area contributed by atoms with E-state index < -0.39 is 17.3 Å². The van der Waals surface area contributed by atoms with Crippen molar-refractivity contribution >= 4 is 23.5 Å². The molecule has 0 aromatic rings. The first-order chi connectivity index (χ1) is 5.13. The first kappa shape index (κ1) is 10.2. The third-order valence-corrected chi connectivity index (χ3v) is 1.35. The van der Waals surface area contributed by atoms with E-state index in [1.807, 2.05) is 0 Å². The second-order valence-corrected chi connectivity index (χ2v) is 2.17. The molecule has 4 nitrogen and oxygen atoms in total. The first-order valence-electron chi connectivity index (χ1n) is 3.15. The number of hydrogen-bond donors (Lipinski definition) is 1. The molecule has 0 bridgehead atoms. The molecule has 0 saturated carbocycles. The highest BCUT2D eigenvalue weighted by atomic mass is 35.5. The lowest BCUT2D eigenvalue weighted by Crippen LogP contribution is -2.35. The van der Waals surface area contributed by atoms with Gasteiger partial charge in [0.05, 0.1) is 6.61 Å². The highest BCUT2D eigenvalue weighted by Gasteiger charge is 2.23. The van der Waals surface area contributed by atoms with Gasteiger partial charge in [-0.2, -0.15) is 0 Å². The lowest BCUT2D eigenvalue weighted by atomic mass is 10.4. The fourth-order valence-electron chi connectivity index (χ4n) is 0.449. The van der Waals surface area contributed by atoms with E-state index >= 15 is 0 Å². The predicted molar refractivity (Wildman–Crippen MR) is 40.3 cm³/mol. The number of esters is 1. The maximum absolute atomic E-state index is 10.7. The molecule has 64 valence electrons. The molecule has 0 aromatic heterocycles. The van der Waals surface area contributed by atoms with Crippen LogP contribution in [0.5, 0.6) is 0 Å². The molecular formula is C6H10ClNO3. The monoisotopic (exact) mass is 179 g/mol. The van der Waals surface area contributed by atoms with Gasteiger partial charge in [-0.05, 0) is 6.92 Å². The van der Waals surface area contributed by atoms with Gasteiger partial charge in [0, 0.05) is 7.05 Å². The Kier molecular flexibility index (Phi) is 4.61. The van der Waals surface area contributed by atoms with Crippen molar-refractivity contribution in [3.8, 4) is 0 Å². The van der Waals surface area contributed by atoms with Gasteiger partial charge < -0.3 is 10.1 Å². The summed E-state index contributed by atoms with van der Waals surface area (Å²) in [6.45, 7) is 1.87. The Bertz CT molecular complexity index is 160. The first-order valence-corrected chi connectivity index (χ1v) is 3.59. The second-order valence-electron chi connectivity index (χ2n) is 1.73. The zero-order chi connectivity index (χ0) is 8.85. The van der Waals surface area contributed by atoms with Gasteiger partial charge in [0.25, 0.3) is 0 Å². The summed E-state index contributed by atoms with van der Waals surface area (Å²) in [4.78, 5) is 21.4. The van der Waals surface area contributed by atoms with E-state index in [0.717, 1.165) is 0 Å². The SMILES string of the molecule is CCOC(=O)C(Cl)C(=O)NC. The molecule has 0 aromatic carbocycles.